The van der Waals surface area contributed by atoms with Crippen LogP contribution < -0.4 is 20.1 Å². The Morgan fingerprint density at radius 3 is 2.69 bits per heavy atom. The first-order valence-corrected chi connectivity index (χ1v) is 8.94. The van der Waals surface area contributed by atoms with Crippen molar-refractivity contribution in [2.24, 2.45) is 0 Å². The van der Waals surface area contributed by atoms with E-state index in [0.29, 0.717) is 35.7 Å². The highest BCUT2D eigenvalue weighted by Crippen LogP contribution is 2.29. The van der Waals surface area contributed by atoms with Gasteiger partial charge in [-0.15, -0.1) is 0 Å². The van der Waals surface area contributed by atoms with Crippen molar-refractivity contribution >= 4 is 17.5 Å². The summed E-state index contributed by atoms with van der Waals surface area (Å²) in [6.45, 7) is 0.429. The number of carbonyl (C=O) groups excluding carboxylic acids is 1. The molecule has 150 valence electrons. The number of amides is 1. The molecule has 0 aliphatic heterocycles. The number of hydrogen-bond acceptors (Lipinski definition) is 6. The van der Waals surface area contributed by atoms with E-state index in [4.69, 9.17) is 9.47 Å². The molecule has 0 atom stereocenters. The Morgan fingerprint density at radius 1 is 1.10 bits per heavy atom. The highest BCUT2D eigenvalue weighted by molar-refractivity contribution is 6.03. The topological polar surface area (TPSA) is 85.4 Å². The summed E-state index contributed by atoms with van der Waals surface area (Å²) in [5.74, 6) is 0.707. The van der Waals surface area contributed by atoms with E-state index >= 15 is 0 Å². The van der Waals surface area contributed by atoms with Gasteiger partial charge in [-0.25, -0.2) is 14.4 Å². The summed E-state index contributed by atoms with van der Waals surface area (Å²) in [5, 5.41) is 5.77. The van der Waals surface area contributed by atoms with Gasteiger partial charge >= 0.3 is 0 Å². The Hall–Kier alpha value is -3.68. The van der Waals surface area contributed by atoms with Crippen molar-refractivity contribution in [1.29, 1.82) is 0 Å². The molecule has 0 aliphatic rings. The highest BCUT2D eigenvalue weighted by Gasteiger charge is 2.13. The van der Waals surface area contributed by atoms with Gasteiger partial charge in [0.15, 0.2) is 0 Å². The summed E-state index contributed by atoms with van der Waals surface area (Å²) in [6, 6.07) is 13.2. The van der Waals surface area contributed by atoms with Crippen LogP contribution in [-0.2, 0) is 6.42 Å². The number of ether oxygens (including phenoxy) is 2. The first-order chi connectivity index (χ1) is 14.1. The Balaban J connectivity index is 1.64. The number of nitrogens with zero attached hydrogens (tertiary/aromatic N) is 2. The number of methoxy groups -OCH3 is 2. The largest absolute Gasteiger partial charge is 0.497 e. The fourth-order valence-corrected chi connectivity index (χ4v) is 2.67. The molecule has 0 unspecified atom stereocenters. The van der Waals surface area contributed by atoms with Gasteiger partial charge in [0.25, 0.3) is 5.91 Å². The monoisotopic (exact) mass is 396 g/mol. The lowest BCUT2D eigenvalue weighted by atomic mass is 10.1. The van der Waals surface area contributed by atoms with Gasteiger partial charge in [-0.05, 0) is 36.2 Å². The molecular formula is C21H21FN4O3. The maximum absolute atomic E-state index is 13.7. The molecule has 0 saturated heterocycles. The quantitative estimate of drug-likeness (QED) is 0.606. The predicted molar refractivity (Wildman–Crippen MR) is 108 cm³/mol. The third-order valence-electron chi connectivity index (χ3n) is 4.18. The second-order valence-electron chi connectivity index (χ2n) is 6.05. The van der Waals surface area contributed by atoms with Crippen molar-refractivity contribution in [3.8, 4) is 11.5 Å². The second-order valence-corrected chi connectivity index (χ2v) is 6.05. The molecule has 8 heteroatoms. The minimum absolute atomic E-state index is 0.186. The SMILES string of the molecule is COc1ccc(NC(=O)c2ccnc(NCCc3ccccc3F)n2)c(OC)c1. The molecule has 3 rings (SSSR count). The molecule has 3 aromatic rings. The molecule has 1 aromatic heterocycles. The minimum Gasteiger partial charge on any atom is -0.497 e. The Labute approximate surface area is 167 Å². The Bertz CT molecular complexity index is 997. The lowest BCUT2D eigenvalue weighted by Gasteiger charge is -2.12. The number of carbonyl (C=O) groups is 1. The fraction of sp³-hybridized carbons (Fsp3) is 0.190. The minimum atomic E-state index is -0.409. The molecule has 2 N–H and O–H groups in total. The van der Waals surface area contributed by atoms with Crippen LogP contribution in [-0.4, -0.2) is 36.6 Å². The lowest BCUT2D eigenvalue weighted by Crippen LogP contribution is -2.16. The molecule has 29 heavy (non-hydrogen) atoms. The van der Waals surface area contributed by atoms with Crippen molar-refractivity contribution in [1.82, 2.24) is 9.97 Å². The number of rotatable bonds is 8. The predicted octanol–water partition coefficient (Wildman–Crippen LogP) is 3.54. The van der Waals surface area contributed by atoms with E-state index in [1.165, 1.54) is 25.4 Å². The smallest absolute Gasteiger partial charge is 0.274 e. The normalized spacial score (nSPS) is 10.3. The number of anilines is 2. The van der Waals surface area contributed by atoms with Crippen LogP contribution in [0.5, 0.6) is 11.5 Å². The van der Waals surface area contributed by atoms with Crippen LogP contribution in [0.15, 0.2) is 54.7 Å². The fourth-order valence-electron chi connectivity index (χ4n) is 2.67. The van der Waals surface area contributed by atoms with Crippen LogP contribution in [0, 0.1) is 5.82 Å². The van der Waals surface area contributed by atoms with Gasteiger partial charge in [0.1, 0.15) is 23.0 Å². The number of nitrogens with one attached hydrogen (secondary N) is 2. The van der Waals surface area contributed by atoms with Crippen LogP contribution in [0.1, 0.15) is 16.1 Å². The summed E-state index contributed by atoms with van der Waals surface area (Å²) < 4.78 is 24.1. The molecule has 0 saturated carbocycles. The number of benzene rings is 2. The summed E-state index contributed by atoms with van der Waals surface area (Å²) in [6.07, 6.45) is 1.95. The number of aromatic nitrogens is 2. The molecular weight excluding hydrogens is 375 g/mol. The van der Waals surface area contributed by atoms with Crippen LogP contribution in [0.3, 0.4) is 0 Å². The van der Waals surface area contributed by atoms with Crippen LogP contribution in [0.25, 0.3) is 0 Å². The number of hydrogen-bond donors (Lipinski definition) is 2. The van der Waals surface area contributed by atoms with Crippen molar-refractivity contribution in [3.63, 3.8) is 0 Å². The van der Waals surface area contributed by atoms with Gasteiger partial charge in [-0.1, -0.05) is 18.2 Å². The standard InChI is InChI=1S/C21H21FN4O3/c1-28-15-7-8-17(19(13-15)29-2)25-20(27)18-10-12-24-21(26-18)23-11-9-14-5-3-4-6-16(14)22/h3-8,10,12-13H,9,11H2,1-2H3,(H,25,27)(H,23,24,26). The van der Waals surface area contributed by atoms with Gasteiger partial charge < -0.3 is 20.1 Å². The summed E-state index contributed by atoms with van der Waals surface area (Å²) in [5.41, 5.74) is 1.28. The molecule has 0 aliphatic carbocycles. The molecule has 0 spiro atoms. The third-order valence-corrected chi connectivity index (χ3v) is 4.18. The van der Waals surface area contributed by atoms with Crippen molar-refractivity contribution < 1.29 is 18.7 Å². The molecule has 2 aromatic carbocycles. The zero-order valence-corrected chi connectivity index (χ0v) is 16.1. The van der Waals surface area contributed by atoms with Crippen LogP contribution in [0.2, 0.25) is 0 Å². The third kappa shape index (κ3) is 5.19. The molecule has 0 radical (unpaired) electrons. The van der Waals surface area contributed by atoms with Crippen LogP contribution >= 0.6 is 0 Å². The van der Waals surface area contributed by atoms with Gasteiger partial charge in [0, 0.05) is 18.8 Å². The molecule has 0 fully saturated rings. The number of halogens is 1. The zero-order chi connectivity index (χ0) is 20.6. The second kappa shape index (κ2) is 9.50. The molecule has 7 nitrogen and oxygen atoms in total. The van der Waals surface area contributed by atoms with E-state index < -0.39 is 5.91 Å². The van der Waals surface area contributed by atoms with Crippen LogP contribution in [0.4, 0.5) is 16.0 Å². The first kappa shape index (κ1) is 20.1. The summed E-state index contributed by atoms with van der Waals surface area (Å²) >= 11 is 0. The first-order valence-electron chi connectivity index (χ1n) is 8.94. The van der Waals surface area contributed by atoms with E-state index in [-0.39, 0.29) is 17.5 Å². The van der Waals surface area contributed by atoms with Crippen molar-refractivity contribution in [2.45, 2.75) is 6.42 Å². The van der Waals surface area contributed by atoms with Crippen molar-refractivity contribution in [2.75, 3.05) is 31.4 Å². The van der Waals surface area contributed by atoms with Crippen molar-refractivity contribution in [3.05, 3.63) is 71.8 Å². The average Bonchev–Trinajstić information content (AvgIpc) is 2.75. The molecule has 0 bridgehead atoms. The van der Waals surface area contributed by atoms with Gasteiger partial charge in [-0.2, -0.15) is 0 Å². The maximum Gasteiger partial charge on any atom is 0.274 e. The summed E-state index contributed by atoms with van der Waals surface area (Å²) in [7, 11) is 3.06. The Kier molecular flexibility index (Phi) is 6.57. The zero-order valence-electron chi connectivity index (χ0n) is 16.1. The highest BCUT2D eigenvalue weighted by atomic mass is 19.1. The maximum atomic E-state index is 13.7. The summed E-state index contributed by atoms with van der Waals surface area (Å²) in [4.78, 5) is 20.9. The van der Waals surface area contributed by atoms with E-state index in [2.05, 4.69) is 20.6 Å². The average molecular weight is 396 g/mol. The molecule has 1 amide bonds. The van der Waals surface area contributed by atoms with E-state index in [1.54, 1.807) is 43.5 Å². The lowest BCUT2D eigenvalue weighted by molar-refractivity contribution is 0.102. The van der Waals surface area contributed by atoms with E-state index in [1.807, 2.05) is 0 Å². The molecule has 1 heterocycles. The Morgan fingerprint density at radius 2 is 1.93 bits per heavy atom. The van der Waals surface area contributed by atoms with E-state index in [9.17, 15) is 9.18 Å². The van der Waals surface area contributed by atoms with E-state index in [0.717, 1.165) is 0 Å². The van der Waals surface area contributed by atoms with Gasteiger partial charge in [0.2, 0.25) is 5.95 Å². The van der Waals surface area contributed by atoms with Gasteiger partial charge in [0.05, 0.1) is 19.9 Å². The van der Waals surface area contributed by atoms with Gasteiger partial charge in [-0.3, -0.25) is 4.79 Å².